The first-order chi connectivity index (χ1) is 14.3. The zero-order valence-electron chi connectivity index (χ0n) is 17.5. The van der Waals surface area contributed by atoms with E-state index in [4.69, 9.17) is 23.2 Å². The lowest BCUT2D eigenvalue weighted by Crippen LogP contribution is -2.50. The van der Waals surface area contributed by atoms with Crippen LogP contribution in [0, 0.1) is 0 Å². The van der Waals surface area contributed by atoms with Crippen LogP contribution in [-0.2, 0) is 21.8 Å². The van der Waals surface area contributed by atoms with Crippen molar-refractivity contribution in [1.29, 1.82) is 0 Å². The summed E-state index contributed by atoms with van der Waals surface area (Å²) in [7, 11) is 0. The molecule has 162 valence electrons. The van der Waals surface area contributed by atoms with Gasteiger partial charge in [-0.2, -0.15) is 0 Å². The van der Waals surface area contributed by atoms with Gasteiger partial charge in [0.05, 0.1) is 15.8 Å². The average Bonchev–Trinajstić information content (AvgIpc) is 2.71. The molecule has 0 aliphatic rings. The van der Waals surface area contributed by atoms with E-state index in [0.29, 0.717) is 28.8 Å². The molecule has 0 fully saturated rings. The van der Waals surface area contributed by atoms with E-state index in [0.717, 1.165) is 11.1 Å². The van der Waals surface area contributed by atoms with Crippen LogP contribution < -0.4 is 5.32 Å². The second kappa shape index (κ2) is 12.2. The van der Waals surface area contributed by atoms with Crippen molar-refractivity contribution in [2.24, 2.45) is 0 Å². The number of halogens is 2. The number of nitrogens with one attached hydrogen (secondary N) is 1. The third-order valence-electron chi connectivity index (χ3n) is 4.56. The molecule has 1 N–H and O–H groups in total. The van der Waals surface area contributed by atoms with Crippen LogP contribution in [-0.4, -0.2) is 41.1 Å². The fourth-order valence-corrected chi connectivity index (χ4v) is 4.12. The molecule has 0 saturated heterocycles. The molecular formula is C23H28Cl2N2O2S. The third kappa shape index (κ3) is 7.86. The number of hydrogen-bond acceptors (Lipinski definition) is 3. The Labute approximate surface area is 193 Å². The van der Waals surface area contributed by atoms with Gasteiger partial charge >= 0.3 is 0 Å². The van der Waals surface area contributed by atoms with E-state index in [2.05, 4.69) is 5.32 Å². The predicted octanol–water partition coefficient (Wildman–Crippen LogP) is 5.21. The highest BCUT2D eigenvalue weighted by Crippen LogP contribution is 2.25. The Balaban J connectivity index is 2.00. The van der Waals surface area contributed by atoms with Gasteiger partial charge in [-0.15, -0.1) is 11.8 Å². The van der Waals surface area contributed by atoms with Crippen molar-refractivity contribution in [2.75, 3.05) is 12.3 Å². The summed E-state index contributed by atoms with van der Waals surface area (Å²) < 4.78 is 0. The highest BCUT2D eigenvalue weighted by molar-refractivity contribution is 7.99. The zero-order valence-corrected chi connectivity index (χ0v) is 19.9. The van der Waals surface area contributed by atoms with E-state index in [1.165, 1.54) is 11.8 Å². The smallest absolute Gasteiger partial charge is 0.242 e. The van der Waals surface area contributed by atoms with Crippen LogP contribution in [0.5, 0.6) is 0 Å². The fraction of sp³-hybridized carbons (Fsp3) is 0.391. The van der Waals surface area contributed by atoms with Crippen molar-refractivity contribution in [3.63, 3.8) is 0 Å². The summed E-state index contributed by atoms with van der Waals surface area (Å²) in [5.41, 5.74) is 2.14. The maximum atomic E-state index is 13.0. The van der Waals surface area contributed by atoms with Crippen LogP contribution in [0.25, 0.3) is 0 Å². The number of carbonyl (C=O) groups is 2. The summed E-state index contributed by atoms with van der Waals surface area (Å²) in [4.78, 5) is 27.2. The molecule has 4 nitrogen and oxygen atoms in total. The second-order valence-corrected chi connectivity index (χ2v) is 9.20. The number of thioether (sulfide) groups is 1. The maximum Gasteiger partial charge on any atom is 0.242 e. The summed E-state index contributed by atoms with van der Waals surface area (Å²) in [6, 6.07) is 14.9. The van der Waals surface area contributed by atoms with Crippen molar-refractivity contribution in [1.82, 2.24) is 10.2 Å². The third-order valence-corrected chi connectivity index (χ3v) is 6.29. The van der Waals surface area contributed by atoms with Gasteiger partial charge in [0.2, 0.25) is 11.8 Å². The molecule has 1 unspecified atom stereocenters. The zero-order chi connectivity index (χ0) is 22.1. The Morgan fingerprint density at radius 3 is 2.33 bits per heavy atom. The number of hydrogen-bond donors (Lipinski definition) is 1. The molecule has 1 atom stereocenters. The molecule has 0 aliphatic heterocycles. The van der Waals surface area contributed by atoms with Crippen molar-refractivity contribution >= 4 is 46.8 Å². The van der Waals surface area contributed by atoms with Gasteiger partial charge in [-0.25, -0.2) is 0 Å². The first-order valence-electron chi connectivity index (χ1n) is 9.93. The number of carbonyl (C=O) groups excluding carboxylic acids is 2. The number of amides is 2. The number of benzene rings is 2. The number of nitrogens with zero attached hydrogens (tertiary/aromatic N) is 1. The van der Waals surface area contributed by atoms with Crippen LogP contribution in [0.4, 0.5) is 0 Å². The SMILES string of the molecule is CC(C)NC(=O)C(C)N(CCc1ccccc1)C(=O)CSCc1ccc(Cl)c(Cl)c1. The van der Waals surface area contributed by atoms with Crippen LogP contribution >= 0.6 is 35.0 Å². The largest absolute Gasteiger partial charge is 0.352 e. The Bertz CT molecular complexity index is 846. The minimum atomic E-state index is -0.533. The molecule has 2 rings (SSSR count). The molecule has 0 radical (unpaired) electrons. The van der Waals surface area contributed by atoms with Gasteiger partial charge < -0.3 is 10.2 Å². The first kappa shape index (κ1) is 24.6. The van der Waals surface area contributed by atoms with E-state index in [9.17, 15) is 9.59 Å². The standard InChI is InChI=1S/C23H28Cl2N2O2S/c1-16(2)26-23(29)17(3)27(12-11-18-7-5-4-6-8-18)22(28)15-30-14-19-9-10-20(24)21(25)13-19/h4-10,13,16-17H,11-12,14-15H2,1-3H3,(H,26,29). The van der Waals surface area contributed by atoms with Gasteiger partial charge in [-0.3, -0.25) is 9.59 Å². The molecule has 2 aromatic rings. The van der Waals surface area contributed by atoms with Gasteiger partial charge in [0.15, 0.2) is 0 Å². The van der Waals surface area contributed by atoms with Gasteiger partial charge in [0, 0.05) is 18.3 Å². The van der Waals surface area contributed by atoms with Crippen molar-refractivity contribution in [3.05, 3.63) is 69.7 Å². The lowest BCUT2D eigenvalue weighted by Gasteiger charge is -2.29. The van der Waals surface area contributed by atoms with Crippen LogP contribution in [0.1, 0.15) is 31.9 Å². The van der Waals surface area contributed by atoms with Gasteiger partial charge in [-0.1, -0.05) is 59.6 Å². The molecule has 7 heteroatoms. The van der Waals surface area contributed by atoms with E-state index in [1.54, 1.807) is 17.9 Å². The summed E-state index contributed by atoms with van der Waals surface area (Å²) >= 11 is 13.5. The average molecular weight is 467 g/mol. The van der Waals surface area contributed by atoms with Crippen molar-refractivity contribution in [3.8, 4) is 0 Å². The van der Waals surface area contributed by atoms with Crippen molar-refractivity contribution in [2.45, 2.75) is 45.0 Å². The topological polar surface area (TPSA) is 49.4 Å². The second-order valence-electron chi connectivity index (χ2n) is 7.40. The molecule has 0 spiro atoms. The first-order valence-corrected chi connectivity index (χ1v) is 11.8. The molecule has 2 amide bonds. The van der Waals surface area contributed by atoms with Gasteiger partial charge in [0.1, 0.15) is 6.04 Å². The Morgan fingerprint density at radius 2 is 1.70 bits per heavy atom. The molecule has 2 aromatic carbocycles. The lowest BCUT2D eigenvalue weighted by atomic mass is 10.1. The predicted molar refractivity (Wildman–Crippen MR) is 127 cm³/mol. The Hall–Kier alpha value is -1.69. The highest BCUT2D eigenvalue weighted by atomic mass is 35.5. The van der Waals surface area contributed by atoms with Gasteiger partial charge in [-0.05, 0) is 50.5 Å². The van der Waals surface area contributed by atoms with E-state index >= 15 is 0 Å². The van der Waals surface area contributed by atoms with E-state index < -0.39 is 6.04 Å². The Kier molecular flexibility index (Phi) is 10.0. The summed E-state index contributed by atoms with van der Waals surface area (Å²) in [6.07, 6.45) is 0.698. The van der Waals surface area contributed by atoms with Crippen molar-refractivity contribution < 1.29 is 9.59 Å². The van der Waals surface area contributed by atoms with E-state index in [1.807, 2.05) is 56.3 Å². The fourth-order valence-electron chi connectivity index (χ4n) is 2.94. The van der Waals surface area contributed by atoms with E-state index in [-0.39, 0.29) is 23.6 Å². The summed E-state index contributed by atoms with van der Waals surface area (Å²) in [5, 5.41) is 3.92. The summed E-state index contributed by atoms with van der Waals surface area (Å²) in [5.74, 6) is 0.735. The lowest BCUT2D eigenvalue weighted by molar-refractivity contribution is -0.138. The van der Waals surface area contributed by atoms with Gasteiger partial charge in [0.25, 0.3) is 0 Å². The highest BCUT2D eigenvalue weighted by Gasteiger charge is 2.25. The normalized spacial score (nSPS) is 11.9. The molecule has 0 aliphatic carbocycles. The maximum absolute atomic E-state index is 13.0. The summed E-state index contributed by atoms with van der Waals surface area (Å²) in [6.45, 7) is 6.09. The quantitative estimate of drug-likeness (QED) is 0.522. The minimum Gasteiger partial charge on any atom is -0.352 e. The molecule has 0 saturated carbocycles. The Morgan fingerprint density at radius 1 is 1.00 bits per heavy atom. The van der Waals surface area contributed by atoms with Crippen LogP contribution in [0.15, 0.2) is 48.5 Å². The molecule has 0 bridgehead atoms. The molecular weight excluding hydrogens is 439 g/mol. The molecule has 0 aromatic heterocycles. The molecule has 30 heavy (non-hydrogen) atoms. The number of rotatable bonds is 10. The molecule has 0 heterocycles. The van der Waals surface area contributed by atoms with Crippen LogP contribution in [0.3, 0.4) is 0 Å². The van der Waals surface area contributed by atoms with Crippen LogP contribution in [0.2, 0.25) is 10.0 Å². The minimum absolute atomic E-state index is 0.0232. The monoisotopic (exact) mass is 466 g/mol.